The van der Waals surface area contributed by atoms with Crippen molar-refractivity contribution in [3.05, 3.63) is 52.5 Å². The number of nitrogens with zero attached hydrogens (tertiary/aromatic N) is 1. The summed E-state index contributed by atoms with van der Waals surface area (Å²) in [7, 11) is 3.15. The lowest BCUT2D eigenvalue weighted by atomic mass is 10.1. The molecule has 0 unspecified atom stereocenters. The van der Waals surface area contributed by atoms with E-state index in [4.69, 9.17) is 21.1 Å². The molecule has 2 aromatic carbocycles. The highest BCUT2D eigenvalue weighted by atomic mass is 35.5. The van der Waals surface area contributed by atoms with Crippen molar-refractivity contribution >= 4 is 35.5 Å². The zero-order valence-electron chi connectivity index (χ0n) is 14.2. The van der Waals surface area contributed by atoms with Gasteiger partial charge < -0.3 is 9.47 Å². The highest BCUT2D eigenvalue weighted by molar-refractivity contribution is 7.98. The number of carbonyl (C=O) groups excluding carboxylic acids is 1. The molecular weight excluding hydrogens is 360 g/mol. The van der Waals surface area contributed by atoms with Gasteiger partial charge in [-0.25, -0.2) is 5.43 Å². The topological polar surface area (TPSA) is 59.9 Å². The summed E-state index contributed by atoms with van der Waals surface area (Å²) in [5, 5.41) is 4.60. The predicted octanol–water partition coefficient (Wildman–Crippen LogP) is 3.77. The second-order valence-corrected chi connectivity index (χ2v) is 6.32. The van der Waals surface area contributed by atoms with Gasteiger partial charge in [-0.15, -0.1) is 11.8 Å². The molecule has 7 heteroatoms. The second-order valence-electron chi connectivity index (χ2n) is 5.03. The maximum Gasteiger partial charge on any atom is 0.244 e. The first-order chi connectivity index (χ1) is 12.1. The van der Waals surface area contributed by atoms with Crippen LogP contribution < -0.4 is 14.9 Å². The summed E-state index contributed by atoms with van der Waals surface area (Å²) in [5.74, 6) is 1.07. The Morgan fingerprint density at radius 2 is 2.04 bits per heavy atom. The number of ether oxygens (including phenoxy) is 2. The minimum atomic E-state index is -0.221. The molecule has 0 atom stereocenters. The third-order valence-corrected chi connectivity index (χ3v) is 4.50. The first kappa shape index (κ1) is 19.1. The molecule has 5 nitrogen and oxygen atoms in total. The molecule has 2 rings (SSSR count). The zero-order valence-corrected chi connectivity index (χ0v) is 15.8. The number of rotatable bonds is 7. The van der Waals surface area contributed by atoms with Crippen LogP contribution in [0.25, 0.3) is 0 Å². The molecule has 2 aromatic rings. The molecule has 25 heavy (non-hydrogen) atoms. The van der Waals surface area contributed by atoms with E-state index in [1.165, 1.54) is 6.21 Å². The number of carbonyl (C=O) groups is 1. The Labute approximate surface area is 156 Å². The van der Waals surface area contributed by atoms with Crippen molar-refractivity contribution in [2.24, 2.45) is 5.10 Å². The van der Waals surface area contributed by atoms with Gasteiger partial charge in [-0.1, -0.05) is 11.6 Å². The number of hydrogen-bond acceptors (Lipinski definition) is 5. The van der Waals surface area contributed by atoms with Crippen LogP contribution in [0.1, 0.15) is 11.1 Å². The molecule has 0 aliphatic rings. The molecule has 0 spiro atoms. The fourth-order valence-corrected chi connectivity index (χ4v) is 2.99. The SMILES string of the molecule is COc1ccc(/C=N\NC(=O)Cc2cc(Cl)ccc2SC)c(OC)c1. The lowest BCUT2D eigenvalue weighted by Gasteiger charge is -2.08. The standard InChI is InChI=1S/C18H19ClN2O3S/c1-23-15-6-4-12(16(10-15)24-2)11-20-21-18(22)9-13-8-14(19)5-7-17(13)25-3/h4-8,10-11H,9H2,1-3H3,(H,21,22)/b20-11-. The van der Waals surface area contributed by atoms with Gasteiger partial charge in [0.15, 0.2) is 0 Å². The van der Waals surface area contributed by atoms with E-state index in [0.29, 0.717) is 16.5 Å². The molecule has 0 aliphatic carbocycles. The molecule has 1 amide bonds. The first-order valence-electron chi connectivity index (χ1n) is 7.43. The fourth-order valence-electron chi connectivity index (χ4n) is 2.20. The third-order valence-electron chi connectivity index (χ3n) is 3.43. The van der Waals surface area contributed by atoms with Gasteiger partial charge in [-0.2, -0.15) is 5.10 Å². The third kappa shape index (κ3) is 5.41. The molecule has 0 bridgehead atoms. The van der Waals surface area contributed by atoms with E-state index in [2.05, 4.69) is 10.5 Å². The highest BCUT2D eigenvalue weighted by Gasteiger charge is 2.08. The lowest BCUT2D eigenvalue weighted by Crippen LogP contribution is -2.20. The molecule has 1 N–H and O–H groups in total. The Morgan fingerprint density at radius 3 is 2.72 bits per heavy atom. The predicted molar refractivity (Wildman–Crippen MR) is 102 cm³/mol. The Balaban J connectivity index is 2.03. The van der Waals surface area contributed by atoms with Crippen LogP contribution in [0.3, 0.4) is 0 Å². The molecule has 0 heterocycles. The molecule has 0 radical (unpaired) electrons. The van der Waals surface area contributed by atoms with Gasteiger partial charge in [-0.3, -0.25) is 4.79 Å². The number of hydrogen-bond donors (Lipinski definition) is 1. The summed E-state index contributed by atoms with van der Waals surface area (Å²) in [6.07, 6.45) is 3.69. The average molecular weight is 379 g/mol. The molecule has 0 aliphatic heterocycles. The molecule has 132 valence electrons. The monoisotopic (exact) mass is 378 g/mol. The molecule has 0 saturated carbocycles. The summed E-state index contributed by atoms with van der Waals surface area (Å²) < 4.78 is 10.4. The van der Waals surface area contributed by atoms with Crippen LogP contribution in [0.4, 0.5) is 0 Å². The minimum absolute atomic E-state index is 0.202. The van der Waals surface area contributed by atoms with Crippen molar-refractivity contribution in [2.45, 2.75) is 11.3 Å². The van der Waals surface area contributed by atoms with E-state index in [1.807, 2.05) is 18.4 Å². The molecule has 0 fully saturated rings. The van der Waals surface area contributed by atoms with Crippen molar-refractivity contribution in [1.29, 1.82) is 0 Å². The van der Waals surface area contributed by atoms with Crippen molar-refractivity contribution < 1.29 is 14.3 Å². The smallest absolute Gasteiger partial charge is 0.244 e. The van der Waals surface area contributed by atoms with Gasteiger partial charge in [-0.05, 0) is 42.2 Å². The lowest BCUT2D eigenvalue weighted by molar-refractivity contribution is -0.120. The number of benzene rings is 2. The largest absolute Gasteiger partial charge is 0.497 e. The second kappa shape index (κ2) is 9.34. The van der Waals surface area contributed by atoms with Gasteiger partial charge in [0, 0.05) is 21.5 Å². The van der Waals surface area contributed by atoms with E-state index in [9.17, 15) is 4.79 Å². The van der Waals surface area contributed by atoms with E-state index < -0.39 is 0 Å². The van der Waals surface area contributed by atoms with Crippen molar-refractivity contribution in [1.82, 2.24) is 5.43 Å². The van der Waals surface area contributed by atoms with Gasteiger partial charge in [0.2, 0.25) is 5.91 Å². The first-order valence-corrected chi connectivity index (χ1v) is 9.04. The van der Waals surface area contributed by atoms with Crippen molar-refractivity contribution in [3.8, 4) is 11.5 Å². The summed E-state index contributed by atoms with van der Waals surface area (Å²) in [4.78, 5) is 13.1. The van der Waals surface area contributed by atoms with Crippen LogP contribution >= 0.6 is 23.4 Å². The maximum atomic E-state index is 12.1. The van der Waals surface area contributed by atoms with E-state index in [1.54, 1.807) is 50.2 Å². The Bertz CT molecular complexity index is 781. The minimum Gasteiger partial charge on any atom is -0.497 e. The normalized spacial score (nSPS) is 10.7. The number of nitrogens with one attached hydrogen (secondary N) is 1. The summed E-state index contributed by atoms with van der Waals surface area (Å²) in [6.45, 7) is 0. The number of hydrazone groups is 1. The maximum absolute atomic E-state index is 12.1. The van der Waals surface area contributed by atoms with Crippen molar-refractivity contribution in [2.75, 3.05) is 20.5 Å². The van der Waals surface area contributed by atoms with Crippen LogP contribution in [0.5, 0.6) is 11.5 Å². The average Bonchev–Trinajstić information content (AvgIpc) is 2.62. The fraction of sp³-hybridized carbons (Fsp3) is 0.222. The summed E-state index contributed by atoms with van der Waals surface area (Å²) in [6, 6.07) is 10.9. The summed E-state index contributed by atoms with van der Waals surface area (Å²) in [5.41, 5.74) is 4.12. The molecule has 0 saturated heterocycles. The van der Waals surface area contributed by atoms with Gasteiger partial charge in [0.25, 0.3) is 0 Å². The van der Waals surface area contributed by atoms with Crippen LogP contribution in [0, 0.1) is 0 Å². The zero-order chi connectivity index (χ0) is 18.2. The quantitative estimate of drug-likeness (QED) is 0.452. The highest BCUT2D eigenvalue weighted by Crippen LogP contribution is 2.24. The molecule has 0 aromatic heterocycles. The number of methoxy groups -OCH3 is 2. The Kier molecular flexibility index (Phi) is 7.16. The van der Waals surface area contributed by atoms with Gasteiger partial charge in [0.1, 0.15) is 11.5 Å². The number of thioether (sulfide) groups is 1. The van der Waals surface area contributed by atoms with Crippen LogP contribution in [-0.2, 0) is 11.2 Å². The molecular formula is C18H19ClN2O3S. The number of amides is 1. The van der Waals surface area contributed by atoms with E-state index in [0.717, 1.165) is 16.0 Å². The van der Waals surface area contributed by atoms with Crippen LogP contribution in [0.2, 0.25) is 5.02 Å². The van der Waals surface area contributed by atoms with E-state index >= 15 is 0 Å². The van der Waals surface area contributed by atoms with Gasteiger partial charge in [0.05, 0.1) is 26.9 Å². The Morgan fingerprint density at radius 1 is 1.24 bits per heavy atom. The van der Waals surface area contributed by atoms with Crippen molar-refractivity contribution in [3.63, 3.8) is 0 Å². The number of halogens is 1. The van der Waals surface area contributed by atoms with Crippen LogP contribution in [-0.4, -0.2) is 32.6 Å². The Hall–Kier alpha value is -2.18. The van der Waals surface area contributed by atoms with Gasteiger partial charge >= 0.3 is 0 Å². The van der Waals surface area contributed by atoms with Crippen LogP contribution in [0.15, 0.2) is 46.4 Å². The summed E-state index contributed by atoms with van der Waals surface area (Å²) >= 11 is 7.57. The van der Waals surface area contributed by atoms with E-state index in [-0.39, 0.29) is 12.3 Å².